The molecule has 2 fully saturated rings. The first kappa shape index (κ1) is 19.4. The van der Waals surface area contributed by atoms with Crippen molar-refractivity contribution in [2.75, 3.05) is 26.3 Å². The quantitative estimate of drug-likeness (QED) is 0.715. The number of carbonyl (C=O) groups is 1. The monoisotopic (exact) mass is 444 g/mol. The van der Waals surface area contributed by atoms with Gasteiger partial charge in [-0.15, -0.1) is 0 Å². The molecule has 4 rings (SSSR count). The Morgan fingerprint density at radius 2 is 1.82 bits per heavy atom. The summed E-state index contributed by atoms with van der Waals surface area (Å²) < 4.78 is 12.5. The molecular formula is C22H25BrN2O3. The molecule has 1 amide bonds. The van der Waals surface area contributed by atoms with Crippen LogP contribution in [-0.2, 0) is 14.9 Å². The molecule has 0 bridgehead atoms. The molecule has 1 aromatic heterocycles. The maximum absolute atomic E-state index is 13.6. The van der Waals surface area contributed by atoms with Crippen molar-refractivity contribution in [1.29, 1.82) is 0 Å². The highest BCUT2D eigenvalue weighted by molar-refractivity contribution is 9.10. The lowest BCUT2D eigenvalue weighted by molar-refractivity contribution is -0.143. The van der Waals surface area contributed by atoms with Gasteiger partial charge in [0.2, 0.25) is 11.8 Å². The number of halogens is 1. The van der Waals surface area contributed by atoms with Gasteiger partial charge in [-0.1, -0.05) is 30.3 Å². The molecular weight excluding hydrogens is 420 g/mol. The number of rotatable bonds is 4. The molecule has 0 N–H and O–H groups in total. The summed E-state index contributed by atoms with van der Waals surface area (Å²) in [7, 11) is 0. The number of hydrogen-bond donors (Lipinski definition) is 0. The van der Waals surface area contributed by atoms with E-state index in [1.807, 2.05) is 35.2 Å². The van der Waals surface area contributed by atoms with Crippen molar-refractivity contribution in [3.63, 3.8) is 0 Å². The van der Waals surface area contributed by atoms with Gasteiger partial charge in [0.25, 0.3) is 0 Å². The number of amides is 1. The fraction of sp³-hybridized carbons (Fsp3) is 0.455. The Kier molecular flexibility index (Phi) is 5.97. The standard InChI is InChI=1S/C22H25BrN2O3/c23-19-7-4-12-24-20(19)28-18-8-13-25(14-9-18)21(26)22(10-15-27-16-11-22)17-5-2-1-3-6-17/h1-7,12,18H,8-11,13-16H2. The lowest BCUT2D eigenvalue weighted by Crippen LogP contribution is -2.53. The van der Waals surface area contributed by atoms with Gasteiger partial charge in [0.15, 0.2) is 0 Å². The third kappa shape index (κ3) is 3.94. The van der Waals surface area contributed by atoms with Crippen molar-refractivity contribution in [3.8, 4) is 5.88 Å². The van der Waals surface area contributed by atoms with Crippen molar-refractivity contribution in [3.05, 3.63) is 58.7 Å². The molecule has 2 aliphatic rings. The lowest BCUT2D eigenvalue weighted by atomic mass is 9.72. The van der Waals surface area contributed by atoms with E-state index in [0.29, 0.717) is 32.2 Å². The van der Waals surface area contributed by atoms with Crippen LogP contribution >= 0.6 is 15.9 Å². The molecule has 148 valence electrons. The summed E-state index contributed by atoms with van der Waals surface area (Å²) >= 11 is 3.48. The predicted molar refractivity (Wildman–Crippen MR) is 110 cm³/mol. The Hall–Kier alpha value is -1.92. The number of piperidine rings is 1. The van der Waals surface area contributed by atoms with Crippen molar-refractivity contribution >= 4 is 21.8 Å². The third-order valence-corrected chi connectivity index (χ3v) is 6.42. The molecule has 5 nitrogen and oxygen atoms in total. The Labute approximate surface area is 174 Å². The number of hydrogen-bond acceptors (Lipinski definition) is 4. The molecule has 3 heterocycles. The van der Waals surface area contributed by atoms with Gasteiger partial charge in [-0.25, -0.2) is 4.98 Å². The lowest BCUT2D eigenvalue weighted by Gasteiger charge is -2.42. The average molecular weight is 445 g/mol. The number of likely N-dealkylation sites (tertiary alicyclic amines) is 1. The minimum atomic E-state index is -0.461. The smallest absolute Gasteiger partial charge is 0.233 e. The van der Waals surface area contributed by atoms with Crippen LogP contribution < -0.4 is 4.74 Å². The Bertz CT molecular complexity index is 800. The molecule has 2 aromatic rings. The SMILES string of the molecule is O=C(N1CCC(Oc2ncccc2Br)CC1)C1(c2ccccc2)CCOCC1. The number of pyridine rings is 1. The van der Waals surface area contributed by atoms with E-state index in [1.165, 1.54) is 0 Å². The van der Waals surface area contributed by atoms with E-state index in [-0.39, 0.29) is 12.0 Å². The molecule has 0 saturated carbocycles. The van der Waals surface area contributed by atoms with Gasteiger partial charge in [0.1, 0.15) is 6.10 Å². The van der Waals surface area contributed by atoms with Crippen molar-refractivity contribution in [2.24, 2.45) is 0 Å². The topological polar surface area (TPSA) is 51.7 Å². The zero-order valence-electron chi connectivity index (χ0n) is 15.9. The molecule has 0 atom stereocenters. The summed E-state index contributed by atoms with van der Waals surface area (Å²) in [6.07, 6.45) is 4.93. The first-order valence-electron chi connectivity index (χ1n) is 9.89. The Balaban J connectivity index is 1.44. The highest BCUT2D eigenvalue weighted by atomic mass is 79.9. The number of aromatic nitrogens is 1. The fourth-order valence-electron chi connectivity index (χ4n) is 4.20. The van der Waals surface area contributed by atoms with Gasteiger partial charge in [0, 0.05) is 45.3 Å². The largest absolute Gasteiger partial charge is 0.473 e. The average Bonchev–Trinajstić information content (AvgIpc) is 2.76. The van der Waals surface area contributed by atoms with Crippen LogP contribution in [0.1, 0.15) is 31.2 Å². The van der Waals surface area contributed by atoms with E-state index >= 15 is 0 Å². The molecule has 6 heteroatoms. The minimum absolute atomic E-state index is 0.0811. The van der Waals surface area contributed by atoms with E-state index < -0.39 is 5.41 Å². The van der Waals surface area contributed by atoms with Crippen LogP contribution in [0.25, 0.3) is 0 Å². The maximum atomic E-state index is 13.6. The molecule has 1 aromatic carbocycles. The molecule has 0 unspecified atom stereocenters. The van der Waals surface area contributed by atoms with Crippen LogP contribution in [0.4, 0.5) is 0 Å². The van der Waals surface area contributed by atoms with Crippen molar-refractivity contribution < 1.29 is 14.3 Å². The summed E-state index contributed by atoms with van der Waals surface area (Å²) in [6, 6.07) is 14.0. The molecule has 0 spiro atoms. The zero-order valence-corrected chi connectivity index (χ0v) is 17.4. The first-order chi connectivity index (χ1) is 13.7. The zero-order chi connectivity index (χ0) is 19.4. The molecule has 2 saturated heterocycles. The summed E-state index contributed by atoms with van der Waals surface area (Å²) in [5.41, 5.74) is 0.649. The Morgan fingerprint density at radius 3 is 2.50 bits per heavy atom. The van der Waals surface area contributed by atoms with E-state index in [1.54, 1.807) is 6.20 Å². The number of nitrogens with zero attached hydrogens (tertiary/aromatic N) is 2. The normalized spacial score (nSPS) is 20.0. The summed E-state index contributed by atoms with van der Waals surface area (Å²) in [5.74, 6) is 0.858. The van der Waals surface area contributed by atoms with Crippen LogP contribution in [0.2, 0.25) is 0 Å². The van der Waals surface area contributed by atoms with Gasteiger partial charge >= 0.3 is 0 Å². The first-order valence-corrected chi connectivity index (χ1v) is 10.7. The van der Waals surface area contributed by atoms with Crippen LogP contribution in [0.3, 0.4) is 0 Å². The molecule has 28 heavy (non-hydrogen) atoms. The van der Waals surface area contributed by atoms with Crippen LogP contribution in [0.15, 0.2) is 53.1 Å². The predicted octanol–water partition coefficient (Wildman–Crippen LogP) is 3.96. The van der Waals surface area contributed by atoms with Gasteiger partial charge in [-0.05, 0) is 46.5 Å². The van der Waals surface area contributed by atoms with E-state index in [0.717, 1.165) is 35.7 Å². The van der Waals surface area contributed by atoms with Gasteiger partial charge in [-0.2, -0.15) is 0 Å². The maximum Gasteiger partial charge on any atom is 0.233 e. The highest BCUT2D eigenvalue weighted by Crippen LogP contribution is 2.37. The second-order valence-electron chi connectivity index (χ2n) is 7.46. The fourth-order valence-corrected chi connectivity index (χ4v) is 4.55. The van der Waals surface area contributed by atoms with E-state index in [2.05, 4.69) is 33.0 Å². The van der Waals surface area contributed by atoms with Crippen LogP contribution in [-0.4, -0.2) is 48.2 Å². The number of benzene rings is 1. The highest BCUT2D eigenvalue weighted by Gasteiger charge is 2.44. The number of ether oxygens (including phenoxy) is 2. The summed E-state index contributed by atoms with van der Waals surface area (Å²) in [6.45, 7) is 2.69. The van der Waals surface area contributed by atoms with E-state index in [4.69, 9.17) is 9.47 Å². The summed E-state index contributed by atoms with van der Waals surface area (Å²) in [5, 5.41) is 0. The third-order valence-electron chi connectivity index (χ3n) is 5.81. The Morgan fingerprint density at radius 1 is 1.11 bits per heavy atom. The van der Waals surface area contributed by atoms with Crippen LogP contribution in [0.5, 0.6) is 5.88 Å². The van der Waals surface area contributed by atoms with Gasteiger partial charge < -0.3 is 14.4 Å². The second kappa shape index (κ2) is 8.62. The van der Waals surface area contributed by atoms with Crippen molar-refractivity contribution in [2.45, 2.75) is 37.2 Å². The van der Waals surface area contributed by atoms with Gasteiger partial charge in [-0.3, -0.25) is 4.79 Å². The minimum Gasteiger partial charge on any atom is -0.473 e. The molecule has 0 radical (unpaired) electrons. The summed E-state index contributed by atoms with van der Waals surface area (Å²) in [4.78, 5) is 19.9. The molecule has 0 aliphatic carbocycles. The van der Waals surface area contributed by atoms with Crippen molar-refractivity contribution in [1.82, 2.24) is 9.88 Å². The second-order valence-corrected chi connectivity index (χ2v) is 8.31. The number of carbonyl (C=O) groups excluding carboxylic acids is 1. The van der Waals surface area contributed by atoms with Crippen LogP contribution in [0, 0.1) is 0 Å². The van der Waals surface area contributed by atoms with E-state index in [9.17, 15) is 4.79 Å². The molecule has 2 aliphatic heterocycles. The van der Waals surface area contributed by atoms with Gasteiger partial charge in [0.05, 0.1) is 9.89 Å².